The Kier molecular flexibility index (Phi) is 14.0. The molecular weight excluding hydrogens is 842 g/mol. The summed E-state index contributed by atoms with van der Waals surface area (Å²) in [4.78, 5) is 21.5. The molecule has 1 aliphatic heterocycles. The summed E-state index contributed by atoms with van der Waals surface area (Å²) in [7, 11) is 4.43. The van der Waals surface area contributed by atoms with Gasteiger partial charge in [0.15, 0.2) is 5.78 Å². The van der Waals surface area contributed by atoms with Crippen molar-refractivity contribution in [3.8, 4) is 11.3 Å². The van der Waals surface area contributed by atoms with Gasteiger partial charge in [-0.1, -0.05) is 106 Å². The molecule has 287 valence electrons. The minimum Gasteiger partial charge on any atom is -0.512 e. The number of rotatable bonds is 9. The van der Waals surface area contributed by atoms with Crippen LogP contribution in [0.2, 0.25) is 0 Å². The van der Waals surface area contributed by atoms with Gasteiger partial charge in [-0.15, -0.1) is 29.1 Å². The third kappa shape index (κ3) is 8.63. The molecule has 4 aromatic carbocycles. The first-order chi connectivity index (χ1) is 25.1. The van der Waals surface area contributed by atoms with Crippen LogP contribution in [0.25, 0.3) is 32.8 Å². The van der Waals surface area contributed by atoms with Crippen LogP contribution in [0.3, 0.4) is 0 Å². The van der Waals surface area contributed by atoms with Crippen molar-refractivity contribution in [2.75, 3.05) is 23.7 Å². The summed E-state index contributed by atoms with van der Waals surface area (Å²) in [5.41, 5.74) is 11.2. The predicted octanol–water partition coefficient (Wildman–Crippen LogP) is 11.2. The maximum absolute atomic E-state index is 11.7. The number of pyridine rings is 1. The number of nitrogens with zero attached hydrogens (tertiary/aromatic N) is 3. The standard InChI is InChI=1S/C34H35BN3.C13H24O2.Ir/c1-21-15-22(2)32(23(3)16-21)35-37(7)30-19-25-13-14-36-33(28(25)20-31(30)38(35)8)26-17-24-11-9-10-12-27(24)29(18-26)34(4,5)6;1-5-10(6-2)12(14)9-13(15)11(7-3)8-4;/h9-16,18-20H,1-8H3;9-11,14H,5-8H2,1-4H3;/q-1;;/b;12-9-;. The van der Waals surface area contributed by atoms with E-state index >= 15 is 0 Å². The first-order valence-corrected chi connectivity index (χ1v) is 19.5. The van der Waals surface area contributed by atoms with E-state index in [-0.39, 0.29) is 55.9 Å². The Labute approximate surface area is 338 Å². The molecule has 7 heteroatoms. The molecule has 1 radical (unpaired) electrons. The Morgan fingerprint density at radius 3 is 1.98 bits per heavy atom. The number of allylic oxidation sites excluding steroid dienone is 2. The van der Waals surface area contributed by atoms with E-state index in [1.54, 1.807) is 0 Å². The molecule has 2 heterocycles. The fourth-order valence-corrected chi connectivity index (χ4v) is 8.24. The van der Waals surface area contributed by atoms with Crippen molar-refractivity contribution in [1.29, 1.82) is 0 Å². The summed E-state index contributed by atoms with van der Waals surface area (Å²) >= 11 is 0. The Bertz CT molecular complexity index is 2120. The van der Waals surface area contributed by atoms with Crippen LogP contribution in [0.5, 0.6) is 0 Å². The second kappa shape index (κ2) is 17.7. The summed E-state index contributed by atoms with van der Waals surface area (Å²) in [6.45, 7) is 21.7. The molecule has 1 aromatic heterocycles. The van der Waals surface area contributed by atoms with Crippen LogP contribution in [0.4, 0.5) is 11.4 Å². The summed E-state index contributed by atoms with van der Waals surface area (Å²) in [5, 5.41) is 14.5. The van der Waals surface area contributed by atoms with Gasteiger partial charge in [0.2, 0.25) is 0 Å². The SMILES string of the molecule is CCC(CC)C(=O)/C=C(\O)C(CC)CC.Cc1cc(C)c(B2N(C)c3cc4ccnc(-c5[c-]c6ccccc6c(C(C)(C)C)c5)c4cc3N2C)c(C)c1.[Ir]. The van der Waals surface area contributed by atoms with Crippen molar-refractivity contribution >= 4 is 51.1 Å². The number of fused-ring (bicyclic) bond motifs is 3. The minimum atomic E-state index is 0. The van der Waals surface area contributed by atoms with Gasteiger partial charge in [-0.25, -0.2) is 0 Å². The van der Waals surface area contributed by atoms with Crippen molar-refractivity contribution in [3.63, 3.8) is 0 Å². The predicted molar refractivity (Wildman–Crippen MR) is 229 cm³/mol. The molecule has 0 spiro atoms. The monoisotopic (exact) mass is 901 g/mol. The molecular formula is C47H59BIrN3O2-. The van der Waals surface area contributed by atoms with E-state index in [2.05, 4.69) is 132 Å². The number of aromatic nitrogens is 1. The molecule has 1 aliphatic rings. The first kappa shape index (κ1) is 42.8. The zero-order chi connectivity index (χ0) is 38.8. The molecule has 0 amide bonds. The molecule has 0 unspecified atom stereocenters. The van der Waals surface area contributed by atoms with Crippen LogP contribution in [0.1, 0.15) is 96.4 Å². The summed E-state index contributed by atoms with van der Waals surface area (Å²) in [6.07, 6.45) is 6.84. The van der Waals surface area contributed by atoms with Crippen LogP contribution in [-0.2, 0) is 30.3 Å². The zero-order valence-electron chi connectivity index (χ0n) is 34.5. The number of aliphatic hydroxyl groups is 1. The smallest absolute Gasteiger partial charge is 0.411 e. The molecule has 0 aliphatic carbocycles. The third-order valence-corrected chi connectivity index (χ3v) is 11.3. The molecule has 0 saturated carbocycles. The van der Waals surface area contributed by atoms with Crippen LogP contribution in [0, 0.1) is 38.7 Å². The van der Waals surface area contributed by atoms with Gasteiger partial charge in [0.25, 0.3) is 0 Å². The van der Waals surface area contributed by atoms with Crippen molar-refractivity contribution in [2.24, 2.45) is 11.8 Å². The number of anilines is 2. The Morgan fingerprint density at radius 1 is 0.833 bits per heavy atom. The molecule has 54 heavy (non-hydrogen) atoms. The number of carbonyl (C=O) groups is 1. The van der Waals surface area contributed by atoms with Gasteiger partial charge in [-0.2, -0.15) is 0 Å². The topological polar surface area (TPSA) is 56.7 Å². The quantitative estimate of drug-likeness (QED) is 0.0691. The van der Waals surface area contributed by atoms with E-state index in [9.17, 15) is 9.90 Å². The number of benzene rings is 4. The summed E-state index contributed by atoms with van der Waals surface area (Å²) < 4.78 is 0. The first-order valence-electron chi connectivity index (χ1n) is 19.5. The van der Waals surface area contributed by atoms with Gasteiger partial charge < -0.3 is 14.7 Å². The zero-order valence-corrected chi connectivity index (χ0v) is 36.9. The molecule has 0 atom stereocenters. The summed E-state index contributed by atoms with van der Waals surface area (Å²) in [6, 6.07) is 26.0. The van der Waals surface area contributed by atoms with Crippen molar-refractivity contribution in [3.05, 3.63) is 107 Å². The van der Waals surface area contributed by atoms with E-state index in [4.69, 9.17) is 4.98 Å². The second-order valence-electron chi connectivity index (χ2n) is 16.0. The molecule has 0 fully saturated rings. The van der Waals surface area contributed by atoms with E-state index in [1.165, 1.54) is 55.9 Å². The van der Waals surface area contributed by atoms with E-state index in [0.29, 0.717) is 0 Å². The van der Waals surface area contributed by atoms with Crippen LogP contribution >= 0.6 is 0 Å². The molecule has 0 saturated heterocycles. The van der Waals surface area contributed by atoms with Gasteiger partial charge in [0.1, 0.15) is 0 Å². The van der Waals surface area contributed by atoms with Crippen molar-refractivity contribution in [2.45, 2.75) is 100 Å². The number of aliphatic hydroxyl groups excluding tert-OH is 1. The number of hydrogen-bond acceptors (Lipinski definition) is 5. The maximum Gasteiger partial charge on any atom is 0.411 e. The van der Waals surface area contributed by atoms with Crippen LogP contribution < -0.4 is 15.1 Å². The normalized spacial score (nSPS) is 13.1. The average molecular weight is 901 g/mol. The molecule has 0 bridgehead atoms. The molecule has 5 nitrogen and oxygen atoms in total. The molecule has 1 N–H and O–H groups in total. The average Bonchev–Trinajstić information content (AvgIpc) is 3.34. The Morgan fingerprint density at radius 2 is 1.41 bits per heavy atom. The maximum atomic E-state index is 11.7. The van der Waals surface area contributed by atoms with E-state index in [0.717, 1.165) is 47.7 Å². The van der Waals surface area contributed by atoms with Crippen molar-refractivity contribution < 1.29 is 30.0 Å². The number of aryl methyl sites for hydroxylation is 3. The molecule has 5 aromatic rings. The molecule has 6 rings (SSSR count). The van der Waals surface area contributed by atoms with Crippen LogP contribution in [0.15, 0.2) is 78.7 Å². The fraction of sp³-hybridized carbons (Fsp3) is 0.404. The van der Waals surface area contributed by atoms with Crippen LogP contribution in [-0.4, -0.2) is 37.0 Å². The largest absolute Gasteiger partial charge is 0.512 e. The second-order valence-corrected chi connectivity index (χ2v) is 16.0. The van der Waals surface area contributed by atoms with Crippen molar-refractivity contribution in [1.82, 2.24) is 4.98 Å². The van der Waals surface area contributed by atoms with Gasteiger partial charge >= 0.3 is 6.98 Å². The Hall–Kier alpha value is -3.93. The van der Waals surface area contributed by atoms with Gasteiger partial charge in [-0.05, 0) is 100 Å². The van der Waals surface area contributed by atoms with Gasteiger partial charge in [-0.3, -0.25) is 9.78 Å². The van der Waals surface area contributed by atoms with E-state index < -0.39 is 0 Å². The minimum absolute atomic E-state index is 0. The fourth-order valence-electron chi connectivity index (χ4n) is 8.24. The number of ketones is 1. The van der Waals surface area contributed by atoms with Gasteiger partial charge in [0.05, 0.1) is 5.76 Å². The number of hydrogen-bond donors (Lipinski definition) is 1. The Balaban J connectivity index is 0.000000347. The number of carbonyl (C=O) groups excluding carboxylic acids is 1. The van der Waals surface area contributed by atoms with E-state index in [1.807, 2.05) is 33.9 Å². The third-order valence-electron chi connectivity index (χ3n) is 11.3. The van der Waals surface area contributed by atoms with Gasteiger partial charge in [0, 0.05) is 61.3 Å². The summed E-state index contributed by atoms with van der Waals surface area (Å²) in [5.74, 6) is 0.547.